The second kappa shape index (κ2) is 5.51. The van der Waals surface area contributed by atoms with Crippen LogP contribution in [-0.4, -0.2) is 13.4 Å². The summed E-state index contributed by atoms with van der Waals surface area (Å²) < 4.78 is 10.4. The summed E-state index contributed by atoms with van der Waals surface area (Å²) in [5.41, 5.74) is 1.45. The van der Waals surface area contributed by atoms with E-state index in [1.165, 1.54) is 7.11 Å². The van der Waals surface area contributed by atoms with Crippen LogP contribution < -0.4 is 9.26 Å². The van der Waals surface area contributed by atoms with E-state index < -0.39 is 0 Å². The van der Waals surface area contributed by atoms with Crippen LogP contribution in [0.2, 0.25) is 0 Å². The number of hydrogen-bond acceptors (Lipinski definition) is 3. The summed E-state index contributed by atoms with van der Waals surface area (Å²) in [4.78, 5) is 10.8. The van der Waals surface area contributed by atoms with Crippen LogP contribution >= 0.6 is 28.5 Å². The third kappa shape index (κ3) is 2.58. The second-order valence-corrected chi connectivity index (χ2v) is 4.33. The highest BCUT2D eigenvalue weighted by atomic mass is 127. The van der Waals surface area contributed by atoms with Crippen LogP contribution in [0.3, 0.4) is 0 Å². The highest BCUT2D eigenvalue weighted by molar-refractivity contribution is 14.2. The molecule has 0 bridgehead atoms. The van der Waals surface area contributed by atoms with Crippen LogP contribution in [0.15, 0.2) is 12.1 Å². The van der Waals surface area contributed by atoms with Gasteiger partial charge in [0.2, 0.25) is 0 Å². The molecule has 0 saturated heterocycles. The summed E-state index contributed by atoms with van der Waals surface area (Å²) in [5, 5.41) is 0. The number of methoxy groups -OCH3 is 1. The number of halogens is 1. The summed E-state index contributed by atoms with van der Waals surface area (Å²) in [5.74, 6) is 1.29. The number of hydrogen-bond donors (Lipinski definition) is 0. The lowest BCUT2D eigenvalue weighted by atomic mass is 10.1. The monoisotopic (exact) mass is 324 g/mol. The first-order valence-corrected chi connectivity index (χ1v) is 7.91. The average molecular weight is 324 g/mol. The van der Waals surface area contributed by atoms with Crippen molar-refractivity contribution in [3.8, 4) is 11.5 Å². The molecule has 0 amide bonds. The molecule has 0 saturated carbocycles. The zero-order valence-electron chi connectivity index (χ0n) is 7.83. The first kappa shape index (κ1) is 11.7. The van der Waals surface area contributed by atoms with Crippen molar-refractivity contribution >= 4 is 34.8 Å². The van der Waals surface area contributed by atoms with Gasteiger partial charge in [-0.15, -0.1) is 0 Å². The van der Waals surface area contributed by atoms with Gasteiger partial charge in [-0.3, -0.25) is 4.79 Å². The molecule has 5 heteroatoms. The zero-order valence-corrected chi connectivity index (χ0v) is 11.0. The quantitative estimate of drug-likeness (QED) is 0.485. The molecule has 1 aromatic rings. The van der Waals surface area contributed by atoms with Gasteiger partial charge in [-0.25, -0.2) is 0 Å². The maximum absolute atomic E-state index is 10.8. The summed E-state index contributed by atoms with van der Waals surface area (Å²) in [7, 11) is 1.54. The lowest BCUT2D eigenvalue weighted by Crippen LogP contribution is -1.94. The Morgan fingerprint density at radius 1 is 1.50 bits per heavy atom. The molecule has 0 aliphatic heterocycles. The number of carbonyl (C=O) groups is 1. The van der Waals surface area contributed by atoms with E-state index in [1.807, 2.05) is 13.0 Å². The summed E-state index contributed by atoms with van der Waals surface area (Å²) in [6, 6.07) is 3.56. The fourth-order valence-electron chi connectivity index (χ4n) is 1.16. The number of ether oxygens (including phenoxy) is 1. The number of rotatable bonds is 4. The van der Waals surface area contributed by atoms with Gasteiger partial charge < -0.3 is 9.26 Å². The molecule has 1 atom stereocenters. The molecule has 0 fully saturated rings. The normalized spacial score (nSPS) is 10.5. The summed E-state index contributed by atoms with van der Waals surface area (Å²) in [6.07, 6.45) is 0.796. The van der Waals surface area contributed by atoms with Crippen molar-refractivity contribution in [2.24, 2.45) is 0 Å². The van der Waals surface area contributed by atoms with Crippen molar-refractivity contribution < 1.29 is 14.1 Å². The lowest BCUT2D eigenvalue weighted by Gasteiger charge is -2.09. The maximum Gasteiger partial charge on any atom is 0.154 e. The number of carbonyl (C=O) groups excluding carboxylic acids is 1. The van der Waals surface area contributed by atoms with E-state index in [4.69, 9.17) is 9.26 Å². The third-order valence-electron chi connectivity index (χ3n) is 1.82. The Bertz CT molecular complexity index is 341. The van der Waals surface area contributed by atoms with E-state index in [0.29, 0.717) is 17.8 Å². The molecular weight excluding hydrogens is 314 g/mol. The Morgan fingerprint density at radius 3 is 2.71 bits per heavy atom. The zero-order chi connectivity index (χ0) is 10.6. The Balaban J connectivity index is 3.16. The van der Waals surface area contributed by atoms with Crippen molar-refractivity contribution in [3.05, 3.63) is 23.3 Å². The minimum absolute atomic E-state index is 0.353. The van der Waals surface area contributed by atoms with Gasteiger partial charge in [0.25, 0.3) is 0 Å². The van der Waals surface area contributed by atoms with Crippen molar-refractivity contribution in [1.82, 2.24) is 0 Å². The molecule has 0 aromatic heterocycles. The first-order chi connectivity index (χ1) is 6.72. The maximum atomic E-state index is 10.8. The van der Waals surface area contributed by atoms with Gasteiger partial charge in [0, 0.05) is 6.07 Å². The third-order valence-corrected chi connectivity index (χ3v) is 2.79. The van der Waals surface area contributed by atoms with Crippen LogP contribution in [0.25, 0.3) is 0 Å². The Hall–Kier alpha value is -0.350. The van der Waals surface area contributed by atoms with E-state index in [9.17, 15) is 4.79 Å². The predicted octanol–water partition coefficient (Wildman–Crippen LogP) is 3.14. The lowest BCUT2D eigenvalue weighted by molar-refractivity contribution is 0.112. The van der Waals surface area contributed by atoms with Gasteiger partial charge in [-0.2, -0.15) is 0 Å². The fraction of sp³-hybridized carbons (Fsp3) is 0.222. The Morgan fingerprint density at radius 2 is 2.21 bits per heavy atom. The fourth-order valence-corrected chi connectivity index (χ4v) is 2.13. The molecule has 0 aliphatic carbocycles. The van der Waals surface area contributed by atoms with Gasteiger partial charge in [-0.05, 0) is 40.6 Å². The second-order valence-electron chi connectivity index (χ2n) is 2.65. The molecule has 0 radical (unpaired) electrons. The molecule has 3 nitrogen and oxygen atoms in total. The van der Waals surface area contributed by atoms with Gasteiger partial charge in [0.1, 0.15) is 17.9 Å². The molecule has 0 aliphatic rings. The minimum Gasteiger partial charge on any atom is -0.496 e. The van der Waals surface area contributed by atoms with Crippen LogP contribution in [0.4, 0.5) is 0 Å². The molecule has 1 aromatic carbocycles. The SMILES string of the molecule is COc1cc(OPI)cc(C)c1C=O. The van der Waals surface area contributed by atoms with E-state index in [0.717, 1.165) is 17.6 Å². The Labute approximate surface area is 97.5 Å². The molecule has 14 heavy (non-hydrogen) atoms. The first-order valence-electron chi connectivity index (χ1n) is 3.89. The molecule has 1 unspecified atom stereocenters. The standard InChI is InChI=1S/C9H10IO3P/c1-6-3-7(13-14-10)4-9(12-2)8(6)5-11/h3-5,14H,1-2H3. The highest BCUT2D eigenvalue weighted by Crippen LogP contribution is 2.32. The molecule has 1 rings (SSSR count). The topological polar surface area (TPSA) is 35.5 Å². The highest BCUT2D eigenvalue weighted by Gasteiger charge is 2.08. The van der Waals surface area contributed by atoms with Crippen LogP contribution in [0, 0.1) is 6.92 Å². The van der Waals surface area contributed by atoms with Gasteiger partial charge in [-0.1, -0.05) is 0 Å². The van der Waals surface area contributed by atoms with Crippen LogP contribution in [-0.2, 0) is 0 Å². The average Bonchev–Trinajstić information content (AvgIpc) is 2.17. The van der Waals surface area contributed by atoms with E-state index >= 15 is 0 Å². The summed E-state index contributed by atoms with van der Waals surface area (Å²) >= 11 is 2.14. The van der Waals surface area contributed by atoms with Gasteiger partial charge in [0.05, 0.1) is 12.7 Å². The Kier molecular flexibility index (Phi) is 4.62. The molecule has 0 heterocycles. The smallest absolute Gasteiger partial charge is 0.154 e. The molecular formula is C9H10IO3P. The van der Waals surface area contributed by atoms with Crippen LogP contribution in [0.5, 0.6) is 11.5 Å². The largest absolute Gasteiger partial charge is 0.496 e. The van der Waals surface area contributed by atoms with E-state index in [1.54, 1.807) is 6.07 Å². The predicted molar refractivity (Wildman–Crippen MR) is 66.1 cm³/mol. The van der Waals surface area contributed by atoms with Crippen molar-refractivity contribution in [3.63, 3.8) is 0 Å². The van der Waals surface area contributed by atoms with Crippen molar-refractivity contribution in [2.45, 2.75) is 6.92 Å². The van der Waals surface area contributed by atoms with Crippen LogP contribution in [0.1, 0.15) is 15.9 Å². The number of aldehydes is 1. The number of aryl methyl sites for hydroxylation is 1. The van der Waals surface area contributed by atoms with Gasteiger partial charge >= 0.3 is 0 Å². The number of benzene rings is 1. The summed E-state index contributed by atoms with van der Waals surface area (Å²) in [6.45, 7) is 2.21. The molecule has 0 N–H and O–H groups in total. The molecule has 0 spiro atoms. The molecule has 76 valence electrons. The van der Waals surface area contributed by atoms with E-state index in [2.05, 4.69) is 22.0 Å². The van der Waals surface area contributed by atoms with Crippen molar-refractivity contribution in [1.29, 1.82) is 0 Å². The van der Waals surface area contributed by atoms with Gasteiger partial charge in [0.15, 0.2) is 6.29 Å². The van der Waals surface area contributed by atoms with E-state index in [-0.39, 0.29) is 0 Å². The minimum atomic E-state index is 0.353. The van der Waals surface area contributed by atoms with Crippen molar-refractivity contribution in [2.75, 3.05) is 7.11 Å².